The van der Waals surface area contributed by atoms with Crippen molar-refractivity contribution in [2.45, 2.75) is 31.7 Å². The number of methoxy groups -OCH3 is 1. The minimum Gasteiger partial charge on any atom is -0.490 e. The Morgan fingerprint density at radius 3 is 2.65 bits per heavy atom. The third-order valence-corrected chi connectivity index (χ3v) is 5.36. The maximum Gasteiger partial charge on any atom is 0.406 e. The number of carbonyl (C=O) groups is 1. The van der Waals surface area contributed by atoms with Crippen LogP contribution >= 0.6 is 0 Å². The molecule has 0 unspecified atom stereocenters. The van der Waals surface area contributed by atoms with Crippen molar-refractivity contribution in [3.63, 3.8) is 0 Å². The molecule has 3 aromatic rings. The Morgan fingerprint density at radius 2 is 1.97 bits per heavy atom. The van der Waals surface area contributed by atoms with Crippen LogP contribution in [0.25, 0.3) is 10.9 Å². The lowest BCUT2D eigenvalue weighted by molar-refractivity contribution is -0.139. The monoisotopic (exact) mass is 436 g/mol. The zero-order valence-electron chi connectivity index (χ0n) is 17.2. The van der Waals surface area contributed by atoms with Crippen LogP contribution < -0.4 is 9.47 Å². The van der Waals surface area contributed by atoms with Gasteiger partial charge in [0.1, 0.15) is 24.0 Å². The third kappa shape index (κ3) is 4.47. The molecule has 10 heteroatoms. The lowest BCUT2D eigenvalue weighted by Gasteiger charge is -2.32. The number of fused-ring (bicyclic) bond motifs is 1. The molecular formula is C21H23F3N4O3. The van der Waals surface area contributed by atoms with E-state index in [-0.39, 0.29) is 12.0 Å². The number of carbonyl (C=O) groups excluding carboxylic acids is 1. The van der Waals surface area contributed by atoms with Gasteiger partial charge in [-0.2, -0.15) is 13.2 Å². The van der Waals surface area contributed by atoms with Crippen LogP contribution in [0, 0.1) is 0 Å². The molecule has 0 spiro atoms. The molecule has 0 bridgehead atoms. The van der Waals surface area contributed by atoms with E-state index in [0.717, 1.165) is 0 Å². The Labute approximate surface area is 176 Å². The smallest absolute Gasteiger partial charge is 0.406 e. The standard InChI is InChI=1S/C21H23F3N4O3/c1-26-12-16(19(25-26)30-2)20(29)27-9-6-14(7-10-27)31-18-5-3-4-17-15(18)8-11-28(17)13-21(22,23)24/h3-5,8,11-12,14H,6-7,9-10,13H2,1-2H3. The Hall–Kier alpha value is -3.17. The number of halogens is 3. The quantitative estimate of drug-likeness (QED) is 0.613. The zero-order chi connectivity index (χ0) is 22.2. The molecule has 4 rings (SSSR count). The van der Waals surface area contributed by atoms with Gasteiger partial charge in [-0.3, -0.25) is 9.48 Å². The average Bonchev–Trinajstić information content (AvgIpc) is 3.31. The summed E-state index contributed by atoms with van der Waals surface area (Å²) in [7, 11) is 3.20. The van der Waals surface area contributed by atoms with Crippen molar-refractivity contribution in [2.24, 2.45) is 7.05 Å². The molecule has 0 aliphatic carbocycles. The Bertz CT molecular complexity index is 1080. The molecule has 166 valence electrons. The van der Waals surface area contributed by atoms with Crippen molar-refractivity contribution >= 4 is 16.8 Å². The van der Waals surface area contributed by atoms with Gasteiger partial charge in [-0.1, -0.05) is 6.07 Å². The molecular weight excluding hydrogens is 413 g/mol. The minimum atomic E-state index is -4.29. The van der Waals surface area contributed by atoms with Crippen molar-refractivity contribution in [2.75, 3.05) is 20.2 Å². The molecule has 1 aromatic carbocycles. The predicted octanol–water partition coefficient (Wildman–Crippen LogP) is 3.63. The first-order valence-electron chi connectivity index (χ1n) is 9.93. The molecule has 1 aliphatic heterocycles. The van der Waals surface area contributed by atoms with Gasteiger partial charge in [-0.05, 0) is 18.2 Å². The van der Waals surface area contributed by atoms with Gasteiger partial charge in [-0.25, -0.2) is 0 Å². The molecule has 0 atom stereocenters. The van der Waals surface area contributed by atoms with Gasteiger partial charge in [-0.15, -0.1) is 5.10 Å². The fourth-order valence-electron chi connectivity index (χ4n) is 3.92. The van der Waals surface area contributed by atoms with Crippen molar-refractivity contribution in [1.82, 2.24) is 19.2 Å². The fourth-order valence-corrected chi connectivity index (χ4v) is 3.92. The van der Waals surface area contributed by atoms with E-state index in [4.69, 9.17) is 9.47 Å². The number of benzene rings is 1. The van der Waals surface area contributed by atoms with Crippen molar-refractivity contribution in [1.29, 1.82) is 0 Å². The van der Waals surface area contributed by atoms with Crippen LogP contribution in [-0.2, 0) is 13.6 Å². The van der Waals surface area contributed by atoms with E-state index >= 15 is 0 Å². The van der Waals surface area contributed by atoms with Gasteiger partial charge < -0.3 is 18.9 Å². The highest BCUT2D eigenvalue weighted by molar-refractivity contribution is 5.96. The lowest BCUT2D eigenvalue weighted by atomic mass is 10.1. The number of aromatic nitrogens is 3. The molecule has 1 fully saturated rings. The molecule has 0 saturated carbocycles. The Morgan fingerprint density at radius 1 is 1.23 bits per heavy atom. The molecule has 0 N–H and O–H groups in total. The number of hydrogen-bond donors (Lipinski definition) is 0. The summed E-state index contributed by atoms with van der Waals surface area (Å²) < 4.78 is 52.4. The molecule has 1 amide bonds. The number of rotatable bonds is 5. The highest BCUT2D eigenvalue weighted by atomic mass is 19.4. The van der Waals surface area contributed by atoms with E-state index in [1.165, 1.54) is 22.6 Å². The summed E-state index contributed by atoms with van der Waals surface area (Å²) >= 11 is 0. The molecule has 31 heavy (non-hydrogen) atoms. The van der Waals surface area contributed by atoms with Crippen LogP contribution in [0.2, 0.25) is 0 Å². The Balaban J connectivity index is 1.42. The van der Waals surface area contributed by atoms with E-state index in [0.29, 0.717) is 54.0 Å². The number of likely N-dealkylation sites (tertiary alicyclic amines) is 1. The summed E-state index contributed by atoms with van der Waals surface area (Å²) in [4.78, 5) is 14.5. The van der Waals surface area contributed by atoms with Crippen molar-refractivity contribution < 1.29 is 27.4 Å². The topological polar surface area (TPSA) is 61.5 Å². The SMILES string of the molecule is COc1nn(C)cc1C(=O)N1CCC(Oc2cccc3c2ccn3CC(F)(F)F)CC1. The van der Waals surface area contributed by atoms with Crippen LogP contribution in [0.1, 0.15) is 23.2 Å². The lowest BCUT2D eigenvalue weighted by Crippen LogP contribution is -2.41. The van der Waals surface area contributed by atoms with Gasteiger partial charge >= 0.3 is 6.18 Å². The molecule has 1 aliphatic rings. The maximum absolute atomic E-state index is 12.8. The van der Waals surface area contributed by atoms with Gasteiger partial charge in [0.05, 0.1) is 12.6 Å². The summed E-state index contributed by atoms with van der Waals surface area (Å²) in [6, 6.07) is 6.75. The number of ether oxygens (including phenoxy) is 2. The molecule has 0 radical (unpaired) electrons. The number of nitrogens with zero attached hydrogens (tertiary/aromatic N) is 4. The van der Waals surface area contributed by atoms with Crippen molar-refractivity contribution in [3.8, 4) is 11.6 Å². The molecule has 2 aromatic heterocycles. The normalized spacial score (nSPS) is 15.5. The first-order chi connectivity index (χ1) is 14.7. The van der Waals surface area contributed by atoms with E-state index in [1.54, 1.807) is 42.4 Å². The Kier molecular flexibility index (Phi) is 5.55. The van der Waals surface area contributed by atoms with Crippen LogP contribution in [0.4, 0.5) is 13.2 Å². The van der Waals surface area contributed by atoms with E-state index in [9.17, 15) is 18.0 Å². The number of amides is 1. The maximum atomic E-state index is 12.8. The summed E-state index contributed by atoms with van der Waals surface area (Å²) in [5, 5.41) is 4.76. The van der Waals surface area contributed by atoms with Gasteiger partial charge in [0.25, 0.3) is 5.91 Å². The highest BCUT2D eigenvalue weighted by Gasteiger charge is 2.30. The third-order valence-electron chi connectivity index (χ3n) is 5.36. The molecule has 1 saturated heterocycles. The number of alkyl halides is 3. The predicted molar refractivity (Wildman–Crippen MR) is 107 cm³/mol. The fraction of sp³-hybridized carbons (Fsp3) is 0.429. The summed E-state index contributed by atoms with van der Waals surface area (Å²) in [5.41, 5.74) is 0.895. The second kappa shape index (κ2) is 8.16. The second-order valence-corrected chi connectivity index (χ2v) is 7.58. The molecule has 3 heterocycles. The summed E-state index contributed by atoms with van der Waals surface area (Å²) in [6.07, 6.45) is -0.124. The molecule has 7 nitrogen and oxygen atoms in total. The van der Waals surface area contributed by atoms with E-state index in [1.807, 2.05) is 0 Å². The average molecular weight is 436 g/mol. The highest BCUT2D eigenvalue weighted by Crippen LogP contribution is 2.31. The number of aryl methyl sites for hydroxylation is 1. The van der Waals surface area contributed by atoms with Crippen LogP contribution in [-0.4, -0.2) is 57.6 Å². The zero-order valence-corrected chi connectivity index (χ0v) is 17.2. The number of piperidine rings is 1. The van der Waals surface area contributed by atoms with Crippen LogP contribution in [0.15, 0.2) is 36.7 Å². The van der Waals surface area contributed by atoms with Gasteiger partial charge in [0, 0.05) is 50.8 Å². The van der Waals surface area contributed by atoms with Gasteiger partial charge in [0.2, 0.25) is 5.88 Å². The van der Waals surface area contributed by atoms with E-state index in [2.05, 4.69) is 5.10 Å². The first-order valence-corrected chi connectivity index (χ1v) is 9.93. The number of hydrogen-bond acceptors (Lipinski definition) is 4. The largest absolute Gasteiger partial charge is 0.490 e. The first kappa shape index (κ1) is 21.1. The van der Waals surface area contributed by atoms with Crippen molar-refractivity contribution in [3.05, 3.63) is 42.2 Å². The summed E-state index contributed by atoms with van der Waals surface area (Å²) in [6.45, 7) is -0.0303. The van der Waals surface area contributed by atoms with Gasteiger partial charge in [0.15, 0.2) is 0 Å². The summed E-state index contributed by atoms with van der Waals surface area (Å²) in [5.74, 6) is 0.702. The van der Waals surface area contributed by atoms with E-state index < -0.39 is 12.7 Å². The second-order valence-electron chi connectivity index (χ2n) is 7.58. The van der Waals surface area contributed by atoms with Crippen LogP contribution in [0.5, 0.6) is 11.6 Å². The van der Waals surface area contributed by atoms with Crippen LogP contribution in [0.3, 0.4) is 0 Å². The minimum absolute atomic E-state index is 0.128.